The first kappa shape index (κ1) is 23.4. The predicted molar refractivity (Wildman–Crippen MR) is 120 cm³/mol. The minimum atomic E-state index is -3.68. The number of rotatable bonds is 12. The average molecular weight is 429 g/mol. The Morgan fingerprint density at radius 2 is 1.70 bits per heavy atom. The first-order chi connectivity index (χ1) is 14.4. The van der Waals surface area contributed by atoms with Gasteiger partial charge in [0.1, 0.15) is 5.75 Å². The Balaban J connectivity index is 2.15. The third-order valence-electron chi connectivity index (χ3n) is 4.30. The molecule has 160 valence electrons. The summed E-state index contributed by atoms with van der Waals surface area (Å²) in [6, 6.07) is 13.1. The molecule has 0 radical (unpaired) electrons. The number of unbranched alkanes of at least 4 members (excludes halogenated alkanes) is 1. The Morgan fingerprint density at radius 1 is 1.07 bits per heavy atom. The van der Waals surface area contributed by atoms with Gasteiger partial charge < -0.3 is 10.1 Å². The van der Waals surface area contributed by atoms with Gasteiger partial charge in [0, 0.05) is 18.8 Å². The summed E-state index contributed by atoms with van der Waals surface area (Å²) in [6.45, 7) is 10.2. The van der Waals surface area contributed by atoms with E-state index in [0.29, 0.717) is 23.6 Å². The van der Waals surface area contributed by atoms with Crippen molar-refractivity contribution in [1.29, 1.82) is 0 Å². The van der Waals surface area contributed by atoms with E-state index in [1.165, 1.54) is 28.6 Å². The molecule has 1 amide bonds. The van der Waals surface area contributed by atoms with Crippen LogP contribution in [0, 0.1) is 0 Å². The second kappa shape index (κ2) is 11.3. The molecule has 0 saturated carbocycles. The Labute approximate surface area is 178 Å². The van der Waals surface area contributed by atoms with Gasteiger partial charge in [0.05, 0.1) is 17.1 Å². The number of hydrogen-bond acceptors (Lipinski definition) is 4. The summed E-state index contributed by atoms with van der Waals surface area (Å²) in [7, 11) is -3.68. The van der Waals surface area contributed by atoms with Crippen LogP contribution in [0.2, 0.25) is 0 Å². The van der Waals surface area contributed by atoms with Gasteiger partial charge in [-0.25, -0.2) is 8.42 Å². The molecule has 0 aliphatic rings. The van der Waals surface area contributed by atoms with Crippen molar-refractivity contribution in [2.24, 2.45) is 0 Å². The number of para-hydroxylation sites is 1. The monoisotopic (exact) mass is 428 g/mol. The van der Waals surface area contributed by atoms with Crippen LogP contribution in [0.1, 0.15) is 30.1 Å². The molecule has 0 spiro atoms. The van der Waals surface area contributed by atoms with Crippen molar-refractivity contribution in [2.45, 2.75) is 24.7 Å². The van der Waals surface area contributed by atoms with Gasteiger partial charge in [0.25, 0.3) is 5.91 Å². The normalized spacial score (nSPS) is 11.1. The largest absolute Gasteiger partial charge is 0.493 e. The summed E-state index contributed by atoms with van der Waals surface area (Å²) in [4.78, 5) is 12.8. The number of nitrogens with one attached hydrogen (secondary N) is 1. The van der Waals surface area contributed by atoms with Gasteiger partial charge in [-0.2, -0.15) is 4.31 Å². The van der Waals surface area contributed by atoms with Crippen LogP contribution in [0.25, 0.3) is 0 Å². The number of amides is 1. The van der Waals surface area contributed by atoms with E-state index in [9.17, 15) is 13.2 Å². The fourth-order valence-electron chi connectivity index (χ4n) is 2.72. The van der Waals surface area contributed by atoms with Gasteiger partial charge in [-0.3, -0.25) is 4.79 Å². The van der Waals surface area contributed by atoms with E-state index < -0.39 is 10.0 Å². The highest BCUT2D eigenvalue weighted by Crippen LogP contribution is 2.22. The molecule has 1 N–H and O–H groups in total. The fourth-order valence-corrected chi connectivity index (χ4v) is 4.10. The van der Waals surface area contributed by atoms with Crippen molar-refractivity contribution in [3.05, 3.63) is 79.4 Å². The lowest BCUT2D eigenvalue weighted by molar-refractivity contribution is 0.102. The van der Waals surface area contributed by atoms with Crippen molar-refractivity contribution in [3.8, 4) is 5.75 Å². The molecule has 2 rings (SSSR count). The average Bonchev–Trinajstić information content (AvgIpc) is 2.74. The number of benzene rings is 2. The lowest BCUT2D eigenvalue weighted by Crippen LogP contribution is -2.31. The zero-order valence-electron chi connectivity index (χ0n) is 17.2. The van der Waals surface area contributed by atoms with Crippen LogP contribution in [-0.2, 0) is 10.0 Å². The molecule has 30 heavy (non-hydrogen) atoms. The Bertz CT molecular complexity index is 959. The molecule has 0 aliphatic carbocycles. The molecule has 7 heteroatoms. The van der Waals surface area contributed by atoms with Crippen LogP contribution in [0.4, 0.5) is 5.69 Å². The summed E-state index contributed by atoms with van der Waals surface area (Å²) in [5.41, 5.74) is 0.912. The highest BCUT2D eigenvalue weighted by atomic mass is 32.2. The van der Waals surface area contributed by atoms with Gasteiger partial charge in [-0.1, -0.05) is 37.6 Å². The van der Waals surface area contributed by atoms with Gasteiger partial charge in [-0.15, -0.1) is 13.2 Å². The number of hydrogen-bond donors (Lipinski definition) is 1. The molecule has 6 nitrogen and oxygen atoms in total. The molecule has 2 aromatic rings. The first-order valence-corrected chi connectivity index (χ1v) is 11.2. The van der Waals surface area contributed by atoms with E-state index in [4.69, 9.17) is 4.74 Å². The maximum absolute atomic E-state index is 12.8. The maximum Gasteiger partial charge on any atom is 0.259 e. The smallest absolute Gasteiger partial charge is 0.259 e. The summed E-state index contributed by atoms with van der Waals surface area (Å²) in [5, 5.41) is 2.79. The zero-order valence-corrected chi connectivity index (χ0v) is 18.0. The maximum atomic E-state index is 12.8. The molecule has 0 fully saturated rings. The second-order valence-electron chi connectivity index (χ2n) is 6.58. The van der Waals surface area contributed by atoms with Crippen LogP contribution in [-0.4, -0.2) is 38.3 Å². The molecule has 0 bridgehead atoms. The van der Waals surface area contributed by atoms with Crippen LogP contribution in [0.3, 0.4) is 0 Å². The van der Waals surface area contributed by atoms with Crippen molar-refractivity contribution in [3.63, 3.8) is 0 Å². The van der Waals surface area contributed by atoms with Gasteiger partial charge >= 0.3 is 0 Å². The van der Waals surface area contributed by atoms with E-state index in [-0.39, 0.29) is 23.9 Å². The van der Waals surface area contributed by atoms with Gasteiger partial charge in [-0.05, 0) is 42.8 Å². The summed E-state index contributed by atoms with van der Waals surface area (Å²) in [5.74, 6) is 0.199. The van der Waals surface area contributed by atoms with E-state index in [1.54, 1.807) is 30.3 Å². The molecule has 0 unspecified atom stereocenters. The predicted octanol–water partition coefficient (Wildman–Crippen LogP) is 4.48. The zero-order chi connectivity index (χ0) is 22.0. The van der Waals surface area contributed by atoms with Gasteiger partial charge in [0.15, 0.2) is 0 Å². The topological polar surface area (TPSA) is 75.7 Å². The van der Waals surface area contributed by atoms with Crippen LogP contribution >= 0.6 is 0 Å². The fraction of sp³-hybridized carbons (Fsp3) is 0.261. The molecule has 0 aliphatic heterocycles. The summed E-state index contributed by atoms with van der Waals surface area (Å²) in [6.07, 6.45) is 4.95. The van der Waals surface area contributed by atoms with E-state index in [1.807, 2.05) is 6.07 Å². The van der Waals surface area contributed by atoms with Crippen LogP contribution < -0.4 is 10.1 Å². The lowest BCUT2D eigenvalue weighted by Gasteiger charge is -2.19. The van der Waals surface area contributed by atoms with Crippen LogP contribution in [0.15, 0.2) is 78.7 Å². The van der Waals surface area contributed by atoms with E-state index >= 15 is 0 Å². The third-order valence-corrected chi connectivity index (χ3v) is 6.15. The number of nitrogens with zero attached hydrogens (tertiary/aromatic N) is 1. The molecule has 0 heterocycles. The number of sulfonamides is 1. The highest BCUT2D eigenvalue weighted by Gasteiger charge is 2.22. The summed E-state index contributed by atoms with van der Waals surface area (Å²) >= 11 is 0. The molecule has 2 aromatic carbocycles. The molecule has 0 saturated heterocycles. The van der Waals surface area contributed by atoms with Crippen LogP contribution in [0.5, 0.6) is 5.75 Å². The molecular formula is C23H28N2O4S. The Morgan fingerprint density at radius 3 is 2.30 bits per heavy atom. The van der Waals surface area contributed by atoms with Crippen molar-refractivity contribution in [1.82, 2.24) is 4.31 Å². The van der Waals surface area contributed by atoms with E-state index in [0.717, 1.165) is 12.8 Å². The Hall–Kier alpha value is -2.90. The minimum Gasteiger partial charge on any atom is -0.493 e. The highest BCUT2D eigenvalue weighted by molar-refractivity contribution is 7.89. The first-order valence-electron chi connectivity index (χ1n) is 9.79. The summed E-state index contributed by atoms with van der Waals surface area (Å²) < 4.78 is 32.5. The number of anilines is 1. The second-order valence-corrected chi connectivity index (χ2v) is 8.51. The minimum absolute atomic E-state index is 0.132. The lowest BCUT2D eigenvalue weighted by atomic mass is 10.2. The molecule has 0 aromatic heterocycles. The standard InChI is InChI=1S/C23H28N2O4S/c1-4-7-18-29-22-11-9-8-10-21(22)23(26)24-19-12-14-20(15-13-19)30(27,28)25(16-5-2)17-6-3/h5-6,8-15H,2-4,7,16-18H2,1H3,(H,24,26). The number of carbonyl (C=O) groups is 1. The van der Waals surface area contributed by atoms with Crippen molar-refractivity contribution < 1.29 is 17.9 Å². The van der Waals surface area contributed by atoms with Crippen molar-refractivity contribution >= 4 is 21.6 Å². The SMILES string of the molecule is C=CCN(CC=C)S(=O)(=O)c1ccc(NC(=O)c2ccccc2OCCCC)cc1. The number of carbonyl (C=O) groups excluding carboxylic acids is 1. The molecule has 0 atom stereocenters. The third kappa shape index (κ3) is 6.05. The van der Waals surface area contributed by atoms with Crippen molar-refractivity contribution in [2.75, 3.05) is 25.0 Å². The number of ether oxygens (including phenoxy) is 1. The Kier molecular flexibility index (Phi) is 8.83. The van der Waals surface area contributed by atoms with Gasteiger partial charge in [0.2, 0.25) is 10.0 Å². The molecular weight excluding hydrogens is 400 g/mol. The van der Waals surface area contributed by atoms with E-state index in [2.05, 4.69) is 25.4 Å². The quantitative estimate of drug-likeness (QED) is 0.399.